The van der Waals surface area contributed by atoms with E-state index in [1.807, 2.05) is 0 Å². The summed E-state index contributed by atoms with van der Waals surface area (Å²) in [6.07, 6.45) is -0.0290. The molecule has 4 heteroatoms. The van der Waals surface area contributed by atoms with Gasteiger partial charge in [0.1, 0.15) is 0 Å². The van der Waals surface area contributed by atoms with Gasteiger partial charge in [0, 0.05) is 12.5 Å². The molecule has 4 nitrogen and oxygen atoms in total. The molecule has 0 amide bonds. The zero-order chi connectivity index (χ0) is 9.56. The first kappa shape index (κ1) is 11.4. The lowest BCUT2D eigenvalue weighted by Crippen LogP contribution is -2.26. The molecule has 0 aliphatic heterocycles. The fourth-order valence-corrected chi connectivity index (χ4v) is 0.953. The van der Waals surface area contributed by atoms with Crippen molar-refractivity contribution in [2.45, 2.75) is 25.9 Å². The Kier molecular flexibility index (Phi) is 5.66. The standard InChI is InChI=1S/C8H16O4/c1-3-7(10)6(5-9)4-8(11)12-2/h6-7,9-10H,3-5H2,1-2H3/t6-,7-/m0/s1. The summed E-state index contributed by atoms with van der Waals surface area (Å²) in [5.74, 6) is -0.802. The van der Waals surface area contributed by atoms with E-state index in [0.29, 0.717) is 6.42 Å². The zero-order valence-corrected chi connectivity index (χ0v) is 7.49. The Bertz CT molecular complexity index is 135. The second kappa shape index (κ2) is 5.97. The third-order valence-electron chi connectivity index (χ3n) is 1.85. The lowest BCUT2D eigenvalue weighted by molar-refractivity contribution is -0.143. The zero-order valence-electron chi connectivity index (χ0n) is 7.49. The van der Waals surface area contributed by atoms with E-state index in [0.717, 1.165) is 0 Å². The van der Waals surface area contributed by atoms with E-state index in [9.17, 15) is 9.90 Å². The van der Waals surface area contributed by atoms with E-state index in [1.54, 1.807) is 6.92 Å². The summed E-state index contributed by atoms with van der Waals surface area (Å²) in [4.78, 5) is 10.8. The molecule has 72 valence electrons. The van der Waals surface area contributed by atoms with Crippen LogP contribution in [0.25, 0.3) is 0 Å². The first-order chi connectivity index (χ1) is 5.65. The van der Waals surface area contributed by atoms with Crippen LogP contribution < -0.4 is 0 Å². The molecule has 0 radical (unpaired) electrons. The maximum atomic E-state index is 10.8. The van der Waals surface area contributed by atoms with Gasteiger partial charge < -0.3 is 14.9 Å². The third-order valence-corrected chi connectivity index (χ3v) is 1.85. The number of ether oxygens (including phenoxy) is 1. The average molecular weight is 176 g/mol. The highest BCUT2D eigenvalue weighted by molar-refractivity contribution is 5.69. The molecule has 0 saturated carbocycles. The van der Waals surface area contributed by atoms with Gasteiger partial charge in [0.05, 0.1) is 19.6 Å². The molecule has 0 fully saturated rings. The van der Waals surface area contributed by atoms with E-state index < -0.39 is 18.0 Å². The third kappa shape index (κ3) is 3.69. The highest BCUT2D eigenvalue weighted by Crippen LogP contribution is 2.11. The van der Waals surface area contributed by atoms with Crippen LogP contribution in [0.15, 0.2) is 0 Å². The van der Waals surface area contributed by atoms with Gasteiger partial charge in [0.25, 0.3) is 0 Å². The molecule has 2 N–H and O–H groups in total. The van der Waals surface area contributed by atoms with Crippen molar-refractivity contribution in [2.75, 3.05) is 13.7 Å². The fraction of sp³-hybridized carbons (Fsp3) is 0.875. The van der Waals surface area contributed by atoms with Crippen molar-refractivity contribution in [2.24, 2.45) is 5.92 Å². The molecular formula is C8H16O4. The molecular weight excluding hydrogens is 160 g/mol. The fourth-order valence-electron chi connectivity index (χ4n) is 0.953. The van der Waals surface area contributed by atoms with Crippen LogP contribution in [-0.4, -0.2) is 36.0 Å². The summed E-state index contributed by atoms with van der Waals surface area (Å²) < 4.78 is 4.42. The number of esters is 1. The minimum atomic E-state index is -0.630. The molecule has 0 saturated heterocycles. The number of rotatable bonds is 5. The molecule has 0 rings (SSSR count). The summed E-state index contributed by atoms with van der Waals surface area (Å²) in [6.45, 7) is 1.61. The van der Waals surface area contributed by atoms with Crippen molar-refractivity contribution in [1.82, 2.24) is 0 Å². The smallest absolute Gasteiger partial charge is 0.305 e. The first-order valence-corrected chi connectivity index (χ1v) is 4.01. The molecule has 0 spiro atoms. The summed E-state index contributed by atoms with van der Waals surface area (Å²) in [5.41, 5.74) is 0. The second-order valence-electron chi connectivity index (χ2n) is 2.70. The van der Waals surface area contributed by atoms with E-state index in [1.165, 1.54) is 7.11 Å². The Morgan fingerprint density at radius 2 is 2.17 bits per heavy atom. The van der Waals surface area contributed by atoms with E-state index in [2.05, 4.69) is 4.74 Å². The quantitative estimate of drug-likeness (QED) is 0.575. The Labute approximate surface area is 72.2 Å². The predicted octanol–water partition coefficient (Wildman–Crippen LogP) is -0.0711. The van der Waals surface area contributed by atoms with Crippen LogP contribution in [0.4, 0.5) is 0 Å². The number of carbonyl (C=O) groups is 1. The van der Waals surface area contributed by atoms with Crippen LogP contribution in [-0.2, 0) is 9.53 Å². The predicted molar refractivity (Wildman–Crippen MR) is 43.5 cm³/mol. The molecule has 0 heterocycles. The molecule has 2 atom stereocenters. The first-order valence-electron chi connectivity index (χ1n) is 4.01. The number of carbonyl (C=O) groups excluding carboxylic acids is 1. The SMILES string of the molecule is CC[C@H](O)[C@H](CO)CC(=O)OC. The van der Waals surface area contributed by atoms with Crippen molar-refractivity contribution < 1.29 is 19.7 Å². The van der Waals surface area contributed by atoms with Crippen molar-refractivity contribution >= 4 is 5.97 Å². The highest BCUT2D eigenvalue weighted by Gasteiger charge is 2.20. The van der Waals surface area contributed by atoms with Gasteiger partial charge in [0.2, 0.25) is 0 Å². The molecule has 0 aromatic heterocycles. The van der Waals surface area contributed by atoms with E-state index >= 15 is 0 Å². The number of aliphatic hydroxyl groups is 2. The lowest BCUT2D eigenvalue weighted by Gasteiger charge is -2.17. The van der Waals surface area contributed by atoms with Crippen LogP contribution in [0, 0.1) is 5.92 Å². The highest BCUT2D eigenvalue weighted by atomic mass is 16.5. The van der Waals surface area contributed by atoms with Gasteiger partial charge in [0.15, 0.2) is 0 Å². The van der Waals surface area contributed by atoms with Crippen LogP contribution in [0.2, 0.25) is 0 Å². The maximum absolute atomic E-state index is 10.8. The molecule has 0 aliphatic rings. The van der Waals surface area contributed by atoms with Crippen molar-refractivity contribution in [3.8, 4) is 0 Å². The summed E-state index contributed by atoms with van der Waals surface area (Å²) >= 11 is 0. The Hall–Kier alpha value is -0.610. The summed E-state index contributed by atoms with van der Waals surface area (Å²) in [6, 6.07) is 0. The van der Waals surface area contributed by atoms with Crippen LogP contribution in [0.1, 0.15) is 19.8 Å². The van der Waals surface area contributed by atoms with Crippen molar-refractivity contribution in [3.05, 3.63) is 0 Å². The van der Waals surface area contributed by atoms with E-state index in [-0.39, 0.29) is 13.0 Å². The topological polar surface area (TPSA) is 66.8 Å². The normalized spacial score (nSPS) is 15.3. The van der Waals surface area contributed by atoms with Crippen molar-refractivity contribution in [1.29, 1.82) is 0 Å². The lowest BCUT2D eigenvalue weighted by atomic mass is 9.98. The Morgan fingerprint density at radius 3 is 2.50 bits per heavy atom. The Balaban J connectivity index is 3.90. The molecule has 0 aromatic rings. The number of hydrogen-bond acceptors (Lipinski definition) is 4. The van der Waals surface area contributed by atoms with Gasteiger partial charge in [-0.05, 0) is 6.42 Å². The molecule has 12 heavy (non-hydrogen) atoms. The molecule has 0 aliphatic carbocycles. The molecule has 0 aromatic carbocycles. The van der Waals surface area contributed by atoms with Crippen LogP contribution in [0.5, 0.6) is 0 Å². The Morgan fingerprint density at radius 1 is 1.58 bits per heavy atom. The largest absolute Gasteiger partial charge is 0.469 e. The minimum absolute atomic E-state index is 0.0714. The van der Waals surface area contributed by atoms with Gasteiger partial charge in [-0.3, -0.25) is 4.79 Å². The monoisotopic (exact) mass is 176 g/mol. The number of hydrogen-bond donors (Lipinski definition) is 2. The van der Waals surface area contributed by atoms with E-state index in [4.69, 9.17) is 5.11 Å². The van der Waals surface area contributed by atoms with Gasteiger partial charge in [-0.15, -0.1) is 0 Å². The van der Waals surface area contributed by atoms with Crippen molar-refractivity contribution in [3.63, 3.8) is 0 Å². The summed E-state index contributed by atoms with van der Waals surface area (Å²) in [7, 11) is 1.29. The second-order valence-corrected chi connectivity index (χ2v) is 2.70. The van der Waals surface area contributed by atoms with Gasteiger partial charge in [-0.25, -0.2) is 0 Å². The van der Waals surface area contributed by atoms with Gasteiger partial charge in [-0.1, -0.05) is 6.92 Å². The number of methoxy groups -OCH3 is 1. The molecule has 0 unspecified atom stereocenters. The maximum Gasteiger partial charge on any atom is 0.305 e. The minimum Gasteiger partial charge on any atom is -0.469 e. The van der Waals surface area contributed by atoms with Gasteiger partial charge in [-0.2, -0.15) is 0 Å². The average Bonchev–Trinajstić information content (AvgIpc) is 2.12. The van der Waals surface area contributed by atoms with Gasteiger partial charge >= 0.3 is 5.97 Å². The van der Waals surface area contributed by atoms with Crippen LogP contribution >= 0.6 is 0 Å². The summed E-state index contributed by atoms with van der Waals surface area (Å²) in [5, 5.41) is 18.1. The molecule has 0 bridgehead atoms. The number of aliphatic hydroxyl groups excluding tert-OH is 2. The van der Waals surface area contributed by atoms with Crippen LogP contribution in [0.3, 0.4) is 0 Å².